The number of carbonyl (C=O) groups excluding carboxylic acids is 1. The molecule has 2 aromatic rings. The molecule has 116 valence electrons. The molecular weight excluding hydrogens is 298 g/mol. The maximum atomic E-state index is 11.9. The molecule has 1 aliphatic rings. The number of benzene rings is 1. The van der Waals surface area contributed by atoms with E-state index in [1.807, 2.05) is 41.9 Å². The van der Waals surface area contributed by atoms with Crippen LogP contribution in [0.2, 0.25) is 0 Å². The van der Waals surface area contributed by atoms with Crippen molar-refractivity contribution in [3.63, 3.8) is 0 Å². The van der Waals surface area contributed by atoms with Crippen LogP contribution in [0.25, 0.3) is 0 Å². The Balaban J connectivity index is 1.40. The van der Waals surface area contributed by atoms with Gasteiger partial charge in [0, 0.05) is 30.7 Å². The number of ether oxygens (including phenoxy) is 1. The van der Waals surface area contributed by atoms with Crippen LogP contribution in [0.4, 0.5) is 5.13 Å². The summed E-state index contributed by atoms with van der Waals surface area (Å²) >= 11 is 1.66. The van der Waals surface area contributed by atoms with E-state index in [2.05, 4.69) is 15.2 Å². The summed E-state index contributed by atoms with van der Waals surface area (Å²) in [6.45, 7) is 1.92. The smallest absolute Gasteiger partial charge is 0.258 e. The van der Waals surface area contributed by atoms with Gasteiger partial charge in [0.15, 0.2) is 11.7 Å². The molecular formula is C16H19N3O2S. The van der Waals surface area contributed by atoms with E-state index in [9.17, 15) is 4.79 Å². The Kier molecular flexibility index (Phi) is 4.90. The maximum Gasteiger partial charge on any atom is 0.258 e. The largest absolute Gasteiger partial charge is 0.484 e. The van der Waals surface area contributed by atoms with Gasteiger partial charge in [-0.3, -0.25) is 4.79 Å². The zero-order valence-electron chi connectivity index (χ0n) is 12.3. The van der Waals surface area contributed by atoms with Crippen LogP contribution in [-0.4, -0.2) is 36.6 Å². The molecule has 0 unspecified atom stereocenters. The number of carbonyl (C=O) groups is 1. The van der Waals surface area contributed by atoms with E-state index in [0.717, 1.165) is 36.8 Å². The van der Waals surface area contributed by atoms with E-state index < -0.39 is 0 Å². The van der Waals surface area contributed by atoms with Crippen LogP contribution in [0.5, 0.6) is 5.75 Å². The van der Waals surface area contributed by atoms with Crippen molar-refractivity contribution in [2.45, 2.75) is 18.9 Å². The van der Waals surface area contributed by atoms with Crippen LogP contribution in [-0.2, 0) is 4.79 Å². The summed E-state index contributed by atoms with van der Waals surface area (Å²) in [5.74, 6) is 0.660. The molecule has 0 atom stereocenters. The summed E-state index contributed by atoms with van der Waals surface area (Å²) in [7, 11) is 0. The van der Waals surface area contributed by atoms with Gasteiger partial charge in [0.05, 0.1) is 0 Å². The first-order valence-electron chi connectivity index (χ1n) is 7.43. The molecule has 0 aliphatic carbocycles. The molecule has 3 rings (SSSR count). The Morgan fingerprint density at radius 1 is 1.32 bits per heavy atom. The predicted molar refractivity (Wildman–Crippen MR) is 87.4 cm³/mol. The number of rotatable bonds is 5. The number of nitrogens with zero attached hydrogens (tertiary/aromatic N) is 2. The molecule has 5 nitrogen and oxygen atoms in total. The first-order chi connectivity index (χ1) is 10.8. The minimum Gasteiger partial charge on any atom is -0.484 e. The number of para-hydroxylation sites is 1. The molecule has 1 fully saturated rings. The summed E-state index contributed by atoms with van der Waals surface area (Å²) in [6.07, 6.45) is 3.71. The van der Waals surface area contributed by atoms with Crippen molar-refractivity contribution in [2.24, 2.45) is 0 Å². The molecule has 1 N–H and O–H groups in total. The van der Waals surface area contributed by atoms with Crippen molar-refractivity contribution in [1.29, 1.82) is 0 Å². The normalized spacial score (nSPS) is 15.5. The van der Waals surface area contributed by atoms with E-state index in [4.69, 9.17) is 4.74 Å². The Morgan fingerprint density at radius 3 is 2.77 bits per heavy atom. The number of amides is 1. The van der Waals surface area contributed by atoms with E-state index in [-0.39, 0.29) is 18.6 Å². The second-order valence-corrected chi connectivity index (χ2v) is 6.12. The lowest BCUT2D eigenvalue weighted by Crippen LogP contribution is -2.46. The van der Waals surface area contributed by atoms with Crippen molar-refractivity contribution in [2.75, 3.05) is 24.6 Å². The van der Waals surface area contributed by atoms with Gasteiger partial charge in [0.1, 0.15) is 5.75 Å². The van der Waals surface area contributed by atoms with E-state index in [1.165, 1.54) is 0 Å². The van der Waals surface area contributed by atoms with E-state index >= 15 is 0 Å². The van der Waals surface area contributed by atoms with Gasteiger partial charge in [-0.1, -0.05) is 18.2 Å². The average molecular weight is 317 g/mol. The highest BCUT2D eigenvalue weighted by Gasteiger charge is 2.22. The van der Waals surface area contributed by atoms with Gasteiger partial charge >= 0.3 is 0 Å². The average Bonchev–Trinajstić information content (AvgIpc) is 3.09. The van der Waals surface area contributed by atoms with Crippen LogP contribution in [0, 0.1) is 0 Å². The molecule has 1 aliphatic heterocycles. The fourth-order valence-corrected chi connectivity index (χ4v) is 3.22. The summed E-state index contributed by atoms with van der Waals surface area (Å²) in [4.78, 5) is 18.5. The number of piperidine rings is 1. The third kappa shape index (κ3) is 3.98. The third-order valence-electron chi connectivity index (χ3n) is 3.66. The van der Waals surface area contributed by atoms with Crippen molar-refractivity contribution in [1.82, 2.24) is 10.3 Å². The second-order valence-electron chi connectivity index (χ2n) is 5.25. The molecule has 22 heavy (non-hydrogen) atoms. The highest BCUT2D eigenvalue weighted by Crippen LogP contribution is 2.21. The third-order valence-corrected chi connectivity index (χ3v) is 4.50. The first kappa shape index (κ1) is 14.8. The Labute approximate surface area is 133 Å². The van der Waals surface area contributed by atoms with Crippen molar-refractivity contribution >= 4 is 22.4 Å². The fraction of sp³-hybridized carbons (Fsp3) is 0.375. The molecule has 1 amide bonds. The van der Waals surface area contributed by atoms with Crippen molar-refractivity contribution < 1.29 is 9.53 Å². The van der Waals surface area contributed by atoms with Gasteiger partial charge in [-0.05, 0) is 25.0 Å². The van der Waals surface area contributed by atoms with Crippen LogP contribution < -0.4 is 15.0 Å². The Morgan fingerprint density at radius 2 is 2.09 bits per heavy atom. The van der Waals surface area contributed by atoms with Gasteiger partial charge in [-0.25, -0.2) is 4.98 Å². The summed E-state index contributed by atoms with van der Waals surface area (Å²) in [5.41, 5.74) is 0. The first-order valence-corrected chi connectivity index (χ1v) is 8.31. The molecule has 2 heterocycles. The van der Waals surface area contributed by atoms with Gasteiger partial charge in [0.25, 0.3) is 5.91 Å². The Hall–Kier alpha value is -2.08. The topological polar surface area (TPSA) is 54.5 Å². The number of aromatic nitrogens is 1. The summed E-state index contributed by atoms with van der Waals surface area (Å²) < 4.78 is 5.46. The number of anilines is 1. The zero-order chi connectivity index (χ0) is 15.2. The quantitative estimate of drug-likeness (QED) is 0.919. The fourth-order valence-electron chi connectivity index (χ4n) is 2.52. The molecule has 1 saturated heterocycles. The molecule has 6 heteroatoms. The molecule has 0 spiro atoms. The molecule has 1 aromatic heterocycles. The van der Waals surface area contributed by atoms with Gasteiger partial charge in [-0.2, -0.15) is 0 Å². The number of nitrogens with one attached hydrogen (secondary N) is 1. The number of hydrogen-bond acceptors (Lipinski definition) is 5. The van der Waals surface area contributed by atoms with Gasteiger partial charge in [-0.15, -0.1) is 11.3 Å². The lowest BCUT2D eigenvalue weighted by atomic mass is 10.1. The van der Waals surface area contributed by atoms with Crippen LogP contribution in [0.3, 0.4) is 0 Å². The molecule has 0 radical (unpaired) electrons. The maximum absolute atomic E-state index is 11.9. The predicted octanol–water partition coefficient (Wildman–Crippen LogP) is 2.31. The standard InChI is InChI=1S/C16H19N3O2S/c20-15(12-21-14-4-2-1-3-5-14)18-13-6-9-19(10-7-13)16-17-8-11-22-16/h1-5,8,11,13H,6-7,9-10,12H2,(H,18,20). The molecule has 0 bridgehead atoms. The second kappa shape index (κ2) is 7.26. The van der Waals surface area contributed by atoms with Crippen LogP contribution >= 0.6 is 11.3 Å². The SMILES string of the molecule is O=C(COc1ccccc1)NC1CCN(c2nccs2)CC1. The monoisotopic (exact) mass is 317 g/mol. The molecule has 1 aromatic carbocycles. The van der Waals surface area contributed by atoms with Crippen LogP contribution in [0.15, 0.2) is 41.9 Å². The van der Waals surface area contributed by atoms with Crippen molar-refractivity contribution in [3.05, 3.63) is 41.9 Å². The lowest BCUT2D eigenvalue weighted by molar-refractivity contribution is -0.123. The summed E-state index contributed by atoms with van der Waals surface area (Å²) in [5, 5.41) is 6.10. The van der Waals surface area contributed by atoms with Crippen molar-refractivity contribution in [3.8, 4) is 5.75 Å². The van der Waals surface area contributed by atoms with Crippen LogP contribution in [0.1, 0.15) is 12.8 Å². The zero-order valence-corrected chi connectivity index (χ0v) is 13.1. The van der Waals surface area contributed by atoms with E-state index in [0.29, 0.717) is 0 Å². The highest BCUT2D eigenvalue weighted by atomic mass is 32.1. The molecule has 0 saturated carbocycles. The van der Waals surface area contributed by atoms with E-state index in [1.54, 1.807) is 11.3 Å². The van der Waals surface area contributed by atoms with Gasteiger partial charge < -0.3 is 15.0 Å². The summed E-state index contributed by atoms with van der Waals surface area (Å²) in [6, 6.07) is 9.62. The minimum atomic E-state index is -0.0587. The number of thiazole rings is 1. The lowest BCUT2D eigenvalue weighted by Gasteiger charge is -2.32. The Bertz CT molecular complexity index is 581. The minimum absolute atomic E-state index is 0.0587. The van der Waals surface area contributed by atoms with Gasteiger partial charge in [0.2, 0.25) is 0 Å². The highest BCUT2D eigenvalue weighted by molar-refractivity contribution is 7.13. The number of hydrogen-bond donors (Lipinski definition) is 1.